The van der Waals surface area contributed by atoms with Crippen LogP contribution in [-0.4, -0.2) is 74.3 Å². The van der Waals surface area contributed by atoms with Crippen molar-refractivity contribution >= 4 is 33.9 Å². The van der Waals surface area contributed by atoms with Crippen LogP contribution in [-0.2, 0) is 22.5 Å². The third-order valence-electron chi connectivity index (χ3n) is 10.3. The summed E-state index contributed by atoms with van der Waals surface area (Å²) in [6, 6.07) is 17.5. The van der Waals surface area contributed by atoms with Crippen molar-refractivity contribution in [2.45, 2.75) is 45.2 Å². The Morgan fingerprint density at radius 1 is 1.09 bits per heavy atom. The lowest BCUT2D eigenvalue weighted by Crippen LogP contribution is -2.59. The Bertz CT molecular complexity index is 1740. The quantitative estimate of drug-likeness (QED) is 0.388. The van der Waals surface area contributed by atoms with Gasteiger partial charge in [0.2, 0.25) is 5.91 Å². The molecule has 1 amide bonds. The number of aryl methyl sites for hydroxylation is 1. The minimum absolute atomic E-state index is 0.156. The van der Waals surface area contributed by atoms with Gasteiger partial charge in [0.15, 0.2) is 0 Å². The van der Waals surface area contributed by atoms with E-state index in [-0.39, 0.29) is 23.8 Å². The smallest absolute Gasteiger partial charge is 0.246 e. The Morgan fingerprint density at radius 2 is 1.87 bits per heavy atom. The van der Waals surface area contributed by atoms with Crippen LogP contribution in [0.1, 0.15) is 41.6 Å². The number of benzene rings is 2. The van der Waals surface area contributed by atoms with Crippen molar-refractivity contribution in [2.75, 3.05) is 67.2 Å². The first-order valence-electron chi connectivity index (χ1n) is 16.0. The molecule has 4 aliphatic rings. The van der Waals surface area contributed by atoms with Crippen molar-refractivity contribution in [3.8, 4) is 12.1 Å². The van der Waals surface area contributed by atoms with Crippen molar-refractivity contribution in [1.82, 2.24) is 9.88 Å². The van der Waals surface area contributed by atoms with Gasteiger partial charge in [-0.05, 0) is 49.3 Å². The van der Waals surface area contributed by atoms with E-state index >= 15 is 0 Å². The molecule has 0 N–H and O–H groups in total. The lowest BCUT2D eigenvalue weighted by molar-refractivity contribution is -0.128. The molecule has 3 fully saturated rings. The minimum Gasteiger partial charge on any atom is -0.381 e. The van der Waals surface area contributed by atoms with Gasteiger partial charge in [0.05, 0.1) is 36.5 Å². The Morgan fingerprint density at radius 3 is 2.60 bits per heavy atom. The van der Waals surface area contributed by atoms with Gasteiger partial charge >= 0.3 is 0 Å². The molecule has 9 nitrogen and oxygen atoms in total. The second-order valence-corrected chi connectivity index (χ2v) is 13.0. The second-order valence-electron chi connectivity index (χ2n) is 13.0. The van der Waals surface area contributed by atoms with E-state index in [0.29, 0.717) is 31.7 Å². The summed E-state index contributed by atoms with van der Waals surface area (Å²) >= 11 is 0. The van der Waals surface area contributed by atoms with Crippen LogP contribution in [0.3, 0.4) is 0 Å². The number of carbonyl (C=O) groups is 1. The number of ether oxygens (including phenoxy) is 1. The summed E-state index contributed by atoms with van der Waals surface area (Å²) in [6.45, 7) is 12.2. The lowest BCUT2D eigenvalue weighted by atomic mass is 9.73. The first kappa shape index (κ1) is 29.1. The molecule has 0 aliphatic carbocycles. The first-order chi connectivity index (χ1) is 21.9. The van der Waals surface area contributed by atoms with E-state index in [0.717, 1.165) is 74.9 Å². The lowest BCUT2D eigenvalue weighted by Gasteiger charge is -2.53. The summed E-state index contributed by atoms with van der Waals surface area (Å²) in [6.07, 6.45) is 4.37. The van der Waals surface area contributed by atoms with Gasteiger partial charge in [-0.25, -0.2) is 4.98 Å². The van der Waals surface area contributed by atoms with Crippen molar-refractivity contribution in [1.29, 1.82) is 10.5 Å². The summed E-state index contributed by atoms with van der Waals surface area (Å²) in [7, 11) is 0. The molecule has 9 heteroatoms. The van der Waals surface area contributed by atoms with Crippen molar-refractivity contribution in [2.24, 2.45) is 5.41 Å². The van der Waals surface area contributed by atoms with Crippen molar-refractivity contribution in [3.05, 3.63) is 71.4 Å². The molecule has 0 radical (unpaired) electrons. The molecule has 1 atom stereocenters. The fraction of sp³-hybridized carbons (Fsp3) is 0.444. The van der Waals surface area contributed by atoms with E-state index in [1.807, 2.05) is 0 Å². The zero-order valence-corrected chi connectivity index (χ0v) is 26.0. The monoisotopic (exact) mass is 601 g/mol. The van der Waals surface area contributed by atoms with E-state index in [9.17, 15) is 15.3 Å². The number of anilines is 3. The maximum absolute atomic E-state index is 12.7. The number of aromatic nitrogens is 1. The number of hydrogen-bond donors (Lipinski definition) is 0. The van der Waals surface area contributed by atoms with Gasteiger partial charge in [-0.15, -0.1) is 0 Å². The molecule has 0 bridgehead atoms. The van der Waals surface area contributed by atoms with Crippen molar-refractivity contribution < 1.29 is 9.53 Å². The molecule has 0 saturated carbocycles. The first-order valence-corrected chi connectivity index (χ1v) is 16.0. The fourth-order valence-electron chi connectivity index (χ4n) is 7.98. The highest BCUT2D eigenvalue weighted by Crippen LogP contribution is 2.46. The average molecular weight is 602 g/mol. The van der Waals surface area contributed by atoms with Gasteiger partial charge < -0.3 is 24.3 Å². The Hall–Kier alpha value is -4.60. The summed E-state index contributed by atoms with van der Waals surface area (Å²) in [5.41, 5.74) is 6.36. The van der Waals surface area contributed by atoms with Crippen LogP contribution >= 0.6 is 0 Å². The summed E-state index contributed by atoms with van der Waals surface area (Å²) < 4.78 is 5.66. The van der Waals surface area contributed by atoms with Crippen molar-refractivity contribution in [3.63, 3.8) is 0 Å². The second kappa shape index (κ2) is 11.7. The van der Waals surface area contributed by atoms with E-state index in [1.54, 1.807) is 4.90 Å². The number of piperazine rings is 1. The number of fused-ring (bicyclic) bond motifs is 2. The number of amides is 1. The predicted octanol–water partition coefficient (Wildman–Crippen LogP) is 4.71. The van der Waals surface area contributed by atoms with Gasteiger partial charge in [-0.3, -0.25) is 4.79 Å². The molecule has 7 rings (SSSR count). The largest absolute Gasteiger partial charge is 0.381 e. The predicted molar refractivity (Wildman–Crippen MR) is 175 cm³/mol. The number of rotatable bonds is 5. The SMILES string of the molecule is C=CC(=O)N1CCN(c2c(C#N)c(N3CC4(CCOCC4)C3)nc3c2CCN(c2cccc4cccc(C)c24)C3)CC1CC#N. The van der Waals surface area contributed by atoms with Crippen LogP contribution in [0.25, 0.3) is 10.8 Å². The molecule has 1 aromatic heterocycles. The maximum atomic E-state index is 12.7. The highest BCUT2D eigenvalue weighted by Gasteiger charge is 2.46. The third kappa shape index (κ3) is 5.06. The third-order valence-corrected chi connectivity index (χ3v) is 10.3. The summed E-state index contributed by atoms with van der Waals surface area (Å²) in [5.74, 6) is 0.608. The van der Waals surface area contributed by atoms with Crippen LogP contribution in [0.15, 0.2) is 49.1 Å². The van der Waals surface area contributed by atoms with Crippen LogP contribution in [0.5, 0.6) is 0 Å². The van der Waals surface area contributed by atoms with Crippen LogP contribution in [0.4, 0.5) is 17.2 Å². The van der Waals surface area contributed by atoms with E-state index in [2.05, 4.69) is 76.7 Å². The zero-order chi connectivity index (χ0) is 31.1. The van der Waals surface area contributed by atoms with Crippen LogP contribution < -0.4 is 14.7 Å². The molecule has 3 aromatic rings. The molecule has 3 saturated heterocycles. The normalized spacial score (nSPS) is 20.7. The number of carbonyl (C=O) groups excluding carboxylic acids is 1. The highest BCUT2D eigenvalue weighted by atomic mass is 16.5. The highest BCUT2D eigenvalue weighted by molar-refractivity contribution is 5.97. The van der Waals surface area contributed by atoms with Gasteiger partial charge in [0.25, 0.3) is 0 Å². The van der Waals surface area contributed by atoms with Gasteiger partial charge in [0.1, 0.15) is 17.5 Å². The van der Waals surface area contributed by atoms with Gasteiger partial charge in [0, 0.05) is 74.5 Å². The van der Waals surface area contributed by atoms with Gasteiger partial charge in [-0.2, -0.15) is 10.5 Å². The van der Waals surface area contributed by atoms with Crippen LogP contribution in [0.2, 0.25) is 0 Å². The molecule has 2 aromatic carbocycles. The Balaban J connectivity index is 1.30. The van der Waals surface area contributed by atoms with E-state index in [4.69, 9.17) is 9.72 Å². The maximum Gasteiger partial charge on any atom is 0.246 e. The number of nitriles is 2. The summed E-state index contributed by atoms with van der Waals surface area (Å²) in [5, 5.41) is 22.9. The minimum atomic E-state index is -0.277. The summed E-state index contributed by atoms with van der Waals surface area (Å²) in [4.78, 5) is 26.7. The topological polar surface area (TPSA) is 99.7 Å². The van der Waals surface area contributed by atoms with E-state index in [1.165, 1.54) is 28.1 Å². The Labute approximate surface area is 264 Å². The van der Waals surface area contributed by atoms with E-state index < -0.39 is 0 Å². The Kier molecular flexibility index (Phi) is 7.59. The molecule has 1 spiro atoms. The number of hydrogen-bond acceptors (Lipinski definition) is 8. The zero-order valence-electron chi connectivity index (χ0n) is 26.0. The molecule has 230 valence electrons. The van der Waals surface area contributed by atoms with Gasteiger partial charge in [-0.1, -0.05) is 36.9 Å². The molecule has 4 aliphatic heterocycles. The molecular formula is C36H39N7O2. The van der Waals surface area contributed by atoms with Crippen LogP contribution in [0, 0.1) is 35.0 Å². The molecule has 45 heavy (non-hydrogen) atoms. The molecule has 5 heterocycles. The number of pyridine rings is 1. The fourth-order valence-corrected chi connectivity index (χ4v) is 7.98. The number of nitrogens with zero attached hydrogens (tertiary/aromatic N) is 7. The molecule has 1 unspecified atom stereocenters. The standard InChI is InChI=1S/C36H39N7O2/c1-3-32(44)43-17-16-41(21-27(43)10-14-37)34-28-11-15-40(31-9-5-8-26-7-4-6-25(2)33(26)31)22-30(28)39-35(29(34)20-38)42-23-36(24-42)12-18-45-19-13-36/h3-9,27H,1,10-13,15-19,21-24H2,2H3. The average Bonchev–Trinajstić information content (AvgIpc) is 3.06. The molecular weight excluding hydrogens is 562 g/mol.